The largest absolute Gasteiger partial charge is 0.497 e. The van der Waals surface area contributed by atoms with Gasteiger partial charge >= 0.3 is 0 Å². The summed E-state index contributed by atoms with van der Waals surface area (Å²) in [5.74, 6) is 2.35. The summed E-state index contributed by atoms with van der Waals surface area (Å²) < 4.78 is 11.1. The van der Waals surface area contributed by atoms with Crippen LogP contribution >= 0.6 is 0 Å². The Morgan fingerprint density at radius 3 is 2.31 bits per heavy atom. The van der Waals surface area contributed by atoms with E-state index in [1.54, 1.807) is 14.0 Å². The van der Waals surface area contributed by atoms with Crippen LogP contribution in [0.4, 0.5) is 5.82 Å². The second-order valence-electron chi connectivity index (χ2n) is 7.89. The number of methoxy groups -OCH3 is 1. The van der Waals surface area contributed by atoms with Crippen molar-refractivity contribution in [1.82, 2.24) is 15.1 Å². The van der Waals surface area contributed by atoms with E-state index < -0.39 is 6.10 Å². The van der Waals surface area contributed by atoms with Gasteiger partial charge in [0.1, 0.15) is 11.5 Å². The molecule has 1 aliphatic rings. The van der Waals surface area contributed by atoms with Crippen molar-refractivity contribution in [2.24, 2.45) is 0 Å². The third-order valence-corrected chi connectivity index (χ3v) is 5.60. The van der Waals surface area contributed by atoms with Gasteiger partial charge < -0.3 is 19.3 Å². The average Bonchev–Trinajstić information content (AvgIpc) is 2.84. The van der Waals surface area contributed by atoms with Gasteiger partial charge in [-0.1, -0.05) is 12.1 Å². The number of benzene rings is 2. The van der Waals surface area contributed by atoms with E-state index in [-0.39, 0.29) is 5.91 Å². The number of aryl methyl sites for hydroxylation is 1. The highest BCUT2D eigenvalue weighted by atomic mass is 16.5. The number of carbonyl (C=O) groups is 1. The van der Waals surface area contributed by atoms with Crippen molar-refractivity contribution < 1.29 is 14.3 Å². The van der Waals surface area contributed by atoms with Crippen molar-refractivity contribution in [2.75, 3.05) is 38.2 Å². The monoisotopic (exact) mass is 432 g/mol. The molecule has 3 aromatic rings. The van der Waals surface area contributed by atoms with E-state index in [0.717, 1.165) is 34.1 Å². The molecule has 2 heterocycles. The average molecular weight is 433 g/mol. The molecule has 1 saturated heterocycles. The molecule has 7 heteroatoms. The van der Waals surface area contributed by atoms with Gasteiger partial charge in [0, 0.05) is 31.7 Å². The van der Waals surface area contributed by atoms with Crippen LogP contribution in [0.25, 0.3) is 11.3 Å². The normalized spacial score (nSPS) is 14.7. The first-order chi connectivity index (χ1) is 15.5. The van der Waals surface area contributed by atoms with E-state index in [1.165, 1.54) is 0 Å². The van der Waals surface area contributed by atoms with Crippen molar-refractivity contribution in [3.8, 4) is 22.8 Å². The maximum atomic E-state index is 12.8. The summed E-state index contributed by atoms with van der Waals surface area (Å²) in [7, 11) is 1.65. The third kappa shape index (κ3) is 4.99. The number of rotatable bonds is 6. The molecule has 0 spiro atoms. The van der Waals surface area contributed by atoms with E-state index in [4.69, 9.17) is 9.47 Å². The molecule has 1 fully saturated rings. The molecule has 4 rings (SSSR count). The Hall–Kier alpha value is -3.61. The number of anilines is 1. The SMILES string of the molecule is COc1ccc(-c2ccc(N3CCN(C(=O)C(C)Oc4cccc(C)c4)CC3)nn2)cc1. The van der Waals surface area contributed by atoms with Crippen LogP contribution in [0.1, 0.15) is 12.5 Å². The van der Waals surface area contributed by atoms with Crippen LogP contribution in [0.15, 0.2) is 60.7 Å². The molecule has 1 unspecified atom stereocenters. The van der Waals surface area contributed by atoms with Crippen molar-refractivity contribution >= 4 is 11.7 Å². The second-order valence-corrected chi connectivity index (χ2v) is 7.89. The zero-order valence-corrected chi connectivity index (χ0v) is 18.7. The van der Waals surface area contributed by atoms with Gasteiger partial charge in [0.05, 0.1) is 12.8 Å². The lowest BCUT2D eigenvalue weighted by Crippen LogP contribution is -2.52. The highest BCUT2D eigenvalue weighted by Crippen LogP contribution is 2.22. The Kier molecular flexibility index (Phi) is 6.54. The van der Waals surface area contributed by atoms with Gasteiger partial charge in [0.25, 0.3) is 5.91 Å². The maximum absolute atomic E-state index is 12.8. The Bertz CT molecular complexity index is 1050. The van der Waals surface area contributed by atoms with E-state index in [1.807, 2.05) is 72.5 Å². The minimum atomic E-state index is -0.521. The summed E-state index contributed by atoms with van der Waals surface area (Å²) in [5, 5.41) is 8.79. The molecular weight excluding hydrogens is 404 g/mol. The predicted molar refractivity (Wildman–Crippen MR) is 124 cm³/mol. The topological polar surface area (TPSA) is 67.8 Å². The lowest BCUT2D eigenvalue weighted by Gasteiger charge is -2.36. The van der Waals surface area contributed by atoms with E-state index in [0.29, 0.717) is 26.2 Å². The summed E-state index contributed by atoms with van der Waals surface area (Å²) in [6.45, 7) is 6.48. The number of hydrogen-bond donors (Lipinski definition) is 0. The van der Waals surface area contributed by atoms with Gasteiger partial charge in [-0.2, -0.15) is 0 Å². The summed E-state index contributed by atoms with van der Waals surface area (Å²) in [4.78, 5) is 16.8. The first-order valence-corrected chi connectivity index (χ1v) is 10.8. The molecule has 0 radical (unpaired) electrons. The molecule has 0 saturated carbocycles. The molecule has 1 atom stereocenters. The number of ether oxygens (including phenoxy) is 2. The van der Waals surface area contributed by atoms with Crippen LogP contribution in [0.2, 0.25) is 0 Å². The molecule has 0 bridgehead atoms. The zero-order valence-electron chi connectivity index (χ0n) is 18.7. The minimum Gasteiger partial charge on any atom is -0.497 e. The minimum absolute atomic E-state index is 0.00657. The lowest BCUT2D eigenvalue weighted by atomic mass is 10.1. The van der Waals surface area contributed by atoms with Gasteiger partial charge in [-0.3, -0.25) is 4.79 Å². The second kappa shape index (κ2) is 9.68. The molecule has 166 valence electrons. The van der Waals surface area contributed by atoms with Crippen molar-refractivity contribution in [3.63, 3.8) is 0 Å². The highest BCUT2D eigenvalue weighted by molar-refractivity contribution is 5.81. The first kappa shape index (κ1) is 21.6. The first-order valence-electron chi connectivity index (χ1n) is 10.8. The molecule has 1 aliphatic heterocycles. The lowest BCUT2D eigenvalue weighted by molar-refractivity contribution is -0.138. The Morgan fingerprint density at radius 1 is 0.938 bits per heavy atom. The Labute approximate surface area is 188 Å². The van der Waals surface area contributed by atoms with Gasteiger partial charge in [0.15, 0.2) is 11.9 Å². The molecule has 7 nitrogen and oxygen atoms in total. The summed E-state index contributed by atoms with van der Waals surface area (Å²) in [6.07, 6.45) is -0.521. The number of amides is 1. The number of aromatic nitrogens is 2. The molecule has 1 amide bonds. The number of nitrogens with zero attached hydrogens (tertiary/aromatic N) is 4. The molecular formula is C25H28N4O3. The fraction of sp³-hybridized carbons (Fsp3) is 0.320. The van der Waals surface area contributed by atoms with Gasteiger partial charge in [0.2, 0.25) is 0 Å². The fourth-order valence-corrected chi connectivity index (χ4v) is 3.77. The van der Waals surface area contributed by atoms with Gasteiger partial charge in [-0.05, 0) is 67.9 Å². The smallest absolute Gasteiger partial charge is 0.263 e. The van der Waals surface area contributed by atoms with E-state index >= 15 is 0 Å². The standard InChI is InChI=1S/C25H28N4O3/c1-18-5-4-6-22(17-18)32-19(2)25(30)29-15-13-28(14-16-29)24-12-11-23(26-27-24)20-7-9-21(31-3)10-8-20/h4-12,17,19H,13-16H2,1-3H3. The molecule has 0 N–H and O–H groups in total. The van der Waals surface area contributed by atoms with Gasteiger partial charge in [-0.15, -0.1) is 10.2 Å². The quantitative estimate of drug-likeness (QED) is 0.593. The van der Waals surface area contributed by atoms with Crippen LogP contribution < -0.4 is 14.4 Å². The van der Waals surface area contributed by atoms with Crippen molar-refractivity contribution in [1.29, 1.82) is 0 Å². The van der Waals surface area contributed by atoms with Gasteiger partial charge in [-0.25, -0.2) is 0 Å². The summed E-state index contributed by atoms with van der Waals surface area (Å²) in [5.41, 5.74) is 2.91. The molecule has 32 heavy (non-hydrogen) atoms. The van der Waals surface area contributed by atoms with Crippen LogP contribution in [0.5, 0.6) is 11.5 Å². The van der Waals surface area contributed by atoms with Crippen LogP contribution in [0.3, 0.4) is 0 Å². The van der Waals surface area contributed by atoms with E-state index in [9.17, 15) is 4.79 Å². The van der Waals surface area contributed by atoms with Crippen LogP contribution in [-0.2, 0) is 4.79 Å². The van der Waals surface area contributed by atoms with Crippen molar-refractivity contribution in [2.45, 2.75) is 20.0 Å². The van der Waals surface area contributed by atoms with Crippen LogP contribution in [0, 0.1) is 6.92 Å². The highest BCUT2D eigenvalue weighted by Gasteiger charge is 2.26. The molecule has 2 aromatic carbocycles. The Morgan fingerprint density at radius 2 is 1.69 bits per heavy atom. The Balaban J connectivity index is 1.32. The maximum Gasteiger partial charge on any atom is 0.263 e. The zero-order chi connectivity index (χ0) is 22.5. The molecule has 0 aliphatic carbocycles. The third-order valence-electron chi connectivity index (χ3n) is 5.60. The number of hydrogen-bond acceptors (Lipinski definition) is 6. The number of carbonyl (C=O) groups excluding carboxylic acids is 1. The van der Waals surface area contributed by atoms with E-state index in [2.05, 4.69) is 15.1 Å². The number of piperazine rings is 1. The van der Waals surface area contributed by atoms with Crippen LogP contribution in [-0.4, -0.2) is 60.4 Å². The fourth-order valence-electron chi connectivity index (χ4n) is 3.77. The molecule has 1 aromatic heterocycles. The van der Waals surface area contributed by atoms with Crippen molar-refractivity contribution in [3.05, 3.63) is 66.2 Å². The summed E-state index contributed by atoms with van der Waals surface area (Å²) >= 11 is 0. The summed E-state index contributed by atoms with van der Waals surface area (Å²) in [6, 6.07) is 19.5. The predicted octanol–water partition coefficient (Wildman–Crippen LogP) is 3.58.